The molecule has 2 N–H and O–H groups in total. The number of nitrogens with two attached hydrogens (primary N) is 1. The average molecular weight is 440 g/mol. The van der Waals surface area contributed by atoms with Crippen LogP contribution in [0.1, 0.15) is 46.0 Å². The molecule has 3 fully saturated rings. The lowest BCUT2D eigenvalue weighted by atomic mass is 9.69. The molecule has 2 aliphatic heterocycles. The molecule has 1 saturated carbocycles. The Balaban J connectivity index is 1.64. The summed E-state index contributed by atoms with van der Waals surface area (Å²) < 4.78 is 15.4. The van der Waals surface area contributed by atoms with E-state index in [4.69, 9.17) is 19.9 Å². The van der Waals surface area contributed by atoms with Gasteiger partial charge in [-0.25, -0.2) is 9.59 Å². The Morgan fingerprint density at radius 2 is 1.58 bits per heavy atom. The summed E-state index contributed by atoms with van der Waals surface area (Å²) in [5.74, 6) is 0.573. The van der Waals surface area contributed by atoms with Crippen LogP contribution in [0, 0.1) is 17.8 Å². The lowest BCUT2D eigenvalue weighted by molar-refractivity contribution is -0.153. The summed E-state index contributed by atoms with van der Waals surface area (Å²) >= 11 is 0. The molecule has 2 saturated heterocycles. The number of hydrogen-bond acceptors (Lipinski definition) is 8. The van der Waals surface area contributed by atoms with Gasteiger partial charge < -0.3 is 19.9 Å². The second-order valence-electron chi connectivity index (χ2n) is 9.04. The molecule has 1 aliphatic carbocycles. The van der Waals surface area contributed by atoms with Crippen LogP contribution in [-0.2, 0) is 23.8 Å². The van der Waals surface area contributed by atoms with Crippen molar-refractivity contribution in [2.24, 2.45) is 23.5 Å². The molecular formula is C22H37N3O6. The van der Waals surface area contributed by atoms with Gasteiger partial charge in [-0.05, 0) is 63.7 Å². The molecule has 176 valence electrons. The van der Waals surface area contributed by atoms with Crippen LogP contribution in [0.25, 0.3) is 0 Å². The topological polar surface area (TPSA) is 111 Å². The van der Waals surface area contributed by atoms with Crippen LogP contribution in [0.3, 0.4) is 0 Å². The number of hydrogen-bond donors (Lipinski definition) is 1. The fourth-order valence-corrected chi connectivity index (χ4v) is 5.65. The third-order valence-corrected chi connectivity index (χ3v) is 7.04. The zero-order valence-electron chi connectivity index (χ0n) is 19.0. The van der Waals surface area contributed by atoms with Gasteiger partial charge in [-0.1, -0.05) is 0 Å². The largest absolute Gasteiger partial charge is 0.465 e. The Bertz CT molecular complexity index is 659. The van der Waals surface area contributed by atoms with E-state index >= 15 is 0 Å². The van der Waals surface area contributed by atoms with Gasteiger partial charge in [-0.2, -0.15) is 0 Å². The summed E-state index contributed by atoms with van der Waals surface area (Å²) in [7, 11) is 1.34. The molecule has 0 aromatic rings. The maximum absolute atomic E-state index is 12.5. The summed E-state index contributed by atoms with van der Waals surface area (Å²) in [6.45, 7) is 6.28. The molecule has 9 heteroatoms. The maximum Gasteiger partial charge on any atom is 0.410 e. The first-order chi connectivity index (χ1) is 14.9. The molecule has 9 nitrogen and oxygen atoms in total. The predicted octanol–water partition coefficient (Wildman–Crippen LogP) is 1.39. The standard InChI is InChI=1S/C22H37N3O6/c1-4-30-20(26)18-10-17(23)13-24(18)11-14-6-7-15-12-25(22(28)29-3)19(9-16(15)8-14)21(27)31-5-2/h14-19H,4-13,23H2,1-3H3. The van der Waals surface area contributed by atoms with Crippen molar-refractivity contribution in [2.75, 3.05) is 40.0 Å². The Morgan fingerprint density at radius 3 is 2.23 bits per heavy atom. The third-order valence-electron chi connectivity index (χ3n) is 7.04. The number of piperidine rings is 1. The van der Waals surface area contributed by atoms with E-state index in [0.29, 0.717) is 50.3 Å². The first-order valence-electron chi connectivity index (χ1n) is 11.5. The second kappa shape index (κ2) is 10.6. The highest BCUT2D eigenvalue weighted by Gasteiger charge is 2.45. The third kappa shape index (κ3) is 5.49. The molecule has 0 aromatic heterocycles. The van der Waals surface area contributed by atoms with Gasteiger partial charge in [0.2, 0.25) is 0 Å². The van der Waals surface area contributed by atoms with Gasteiger partial charge >= 0.3 is 18.0 Å². The average Bonchev–Trinajstić information content (AvgIpc) is 3.12. The van der Waals surface area contributed by atoms with Crippen molar-refractivity contribution in [3.63, 3.8) is 0 Å². The Labute approximate surface area is 184 Å². The van der Waals surface area contributed by atoms with Crippen molar-refractivity contribution >= 4 is 18.0 Å². The van der Waals surface area contributed by atoms with Gasteiger partial charge in [0.15, 0.2) is 0 Å². The fourth-order valence-electron chi connectivity index (χ4n) is 5.65. The van der Waals surface area contributed by atoms with Gasteiger partial charge in [0.1, 0.15) is 12.1 Å². The number of methoxy groups -OCH3 is 1. The number of carbonyl (C=O) groups excluding carboxylic acids is 3. The summed E-state index contributed by atoms with van der Waals surface area (Å²) in [5.41, 5.74) is 6.15. The van der Waals surface area contributed by atoms with Crippen LogP contribution in [0.2, 0.25) is 0 Å². The Hall–Kier alpha value is -1.87. The number of esters is 2. The summed E-state index contributed by atoms with van der Waals surface area (Å²) in [6, 6.07) is -0.872. The summed E-state index contributed by atoms with van der Waals surface area (Å²) in [4.78, 5) is 40.9. The molecule has 31 heavy (non-hydrogen) atoms. The lowest BCUT2D eigenvalue weighted by Crippen LogP contribution is -2.55. The van der Waals surface area contributed by atoms with Crippen LogP contribution in [0.4, 0.5) is 4.79 Å². The minimum Gasteiger partial charge on any atom is -0.465 e. The van der Waals surface area contributed by atoms with E-state index in [0.717, 1.165) is 25.8 Å². The Morgan fingerprint density at radius 1 is 0.903 bits per heavy atom. The van der Waals surface area contributed by atoms with E-state index in [9.17, 15) is 14.4 Å². The highest BCUT2D eigenvalue weighted by atomic mass is 16.6. The minimum absolute atomic E-state index is 0.0118. The zero-order valence-corrected chi connectivity index (χ0v) is 19.0. The molecule has 0 radical (unpaired) electrons. The molecule has 0 bridgehead atoms. The van der Waals surface area contributed by atoms with Gasteiger partial charge in [-0.3, -0.25) is 14.6 Å². The highest BCUT2D eigenvalue weighted by molar-refractivity contribution is 5.81. The number of ether oxygens (including phenoxy) is 3. The molecule has 3 aliphatic rings. The van der Waals surface area contributed by atoms with E-state index < -0.39 is 12.1 Å². The van der Waals surface area contributed by atoms with Gasteiger partial charge in [0.25, 0.3) is 0 Å². The van der Waals surface area contributed by atoms with Gasteiger partial charge in [-0.15, -0.1) is 0 Å². The van der Waals surface area contributed by atoms with Crippen molar-refractivity contribution in [1.29, 1.82) is 0 Å². The van der Waals surface area contributed by atoms with E-state index in [1.165, 1.54) is 12.0 Å². The number of fused-ring (bicyclic) bond motifs is 1. The fraction of sp³-hybridized carbons (Fsp3) is 0.864. The molecule has 2 heterocycles. The van der Waals surface area contributed by atoms with Crippen LogP contribution in [-0.4, -0.2) is 85.9 Å². The zero-order chi connectivity index (χ0) is 22.5. The smallest absolute Gasteiger partial charge is 0.410 e. The molecule has 0 spiro atoms. The van der Waals surface area contributed by atoms with E-state index in [2.05, 4.69) is 4.90 Å². The van der Waals surface area contributed by atoms with Crippen molar-refractivity contribution < 1.29 is 28.6 Å². The number of carbonyl (C=O) groups is 3. The normalized spacial score (nSPS) is 33.5. The molecule has 6 unspecified atom stereocenters. The maximum atomic E-state index is 12.5. The van der Waals surface area contributed by atoms with E-state index in [-0.39, 0.29) is 30.6 Å². The first-order valence-corrected chi connectivity index (χ1v) is 11.5. The molecule has 3 rings (SSSR count). The van der Waals surface area contributed by atoms with Crippen molar-refractivity contribution in [1.82, 2.24) is 9.80 Å². The SMILES string of the molecule is CCOC(=O)C1CC(N)CN1CC1CCC2CN(C(=O)OC)C(C(=O)OCC)CC2C1. The molecule has 0 aromatic carbocycles. The quantitative estimate of drug-likeness (QED) is 0.488. The number of nitrogens with zero attached hydrogens (tertiary/aromatic N) is 2. The Kier molecular flexibility index (Phi) is 8.16. The van der Waals surface area contributed by atoms with Crippen molar-refractivity contribution in [2.45, 2.75) is 64.1 Å². The van der Waals surface area contributed by atoms with E-state index in [1.54, 1.807) is 6.92 Å². The number of rotatable bonds is 6. The van der Waals surface area contributed by atoms with Gasteiger partial charge in [0, 0.05) is 25.7 Å². The van der Waals surface area contributed by atoms with E-state index in [1.807, 2.05) is 6.92 Å². The summed E-state index contributed by atoms with van der Waals surface area (Å²) in [6.07, 6.45) is 3.75. The van der Waals surface area contributed by atoms with Crippen LogP contribution < -0.4 is 5.73 Å². The molecular weight excluding hydrogens is 402 g/mol. The first kappa shape index (κ1) is 23.8. The number of likely N-dealkylation sites (tertiary alicyclic amines) is 2. The second-order valence-corrected chi connectivity index (χ2v) is 9.04. The summed E-state index contributed by atoms with van der Waals surface area (Å²) in [5, 5.41) is 0. The number of amides is 1. The monoisotopic (exact) mass is 439 g/mol. The molecule has 1 amide bonds. The van der Waals surface area contributed by atoms with Crippen molar-refractivity contribution in [3.05, 3.63) is 0 Å². The lowest BCUT2D eigenvalue weighted by Gasteiger charge is -2.46. The highest BCUT2D eigenvalue weighted by Crippen LogP contribution is 2.42. The predicted molar refractivity (Wildman–Crippen MR) is 113 cm³/mol. The minimum atomic E-state index is -0.597. The van der Waals surface area contributed by atoms with Crippen LogP contribution in [0.5, 0.6) is 0 Å². The van der Waals surface area contributed by atoms with Crippen LogP contribution >= 0.6 is 0 Å². The molecule has 6 atom stereocenters. The van der Waals surface area contributed by atoms with Crippen LogP contribution in [0.15, 0.2) is 0 Å². The van der Waals surface area contributed by atoms with Gasteiger partial charge in [0.05, 0.1) is 20.3 Å². The van der Waals surface area contributed by atoms with Crippen molar-refractivity contribution in [3.8, 4) is 0 Å².